The maximum absolute atomic E-state index is 12.2. The molecular formula is C19H15ClF3N3O2S2. The summed E-state index contributed by atoms with van der Waals surface area (Å²) < 4.78 is 40.8. The van der Waals surface area contributed by atoms with E-state index in [4.69, 9.17) is 11.6 Å². The first-order valence-electron chi connectivity index (χ1n) is 8.49. The van der Waals surface area contributed by atoms with Gasteiger partial charge in [0, 0.05) is 27.3 Å². The molecule has 0 spiro atoms. The molecule has 2 N–H and O–H groups in total. The van der Waals surface area contributed by atoms with Gasteiger partial charge in [-0.15, -0.1) is 36.3 Å². The zero-order valence-corrected chi connectivity index (χ0v) is 17.6. The Morgan fingerprint density at radius 1 is 1.10 bits per heavy atom. The first-order valence-corrected chi connectivity index (χ1v) is 10.7. The van der Waals surface area contributed by atoms with Gasteiger partial charge in [0.2, 0.25) is 5.91 Å². The van der Waals surface area contributed by atoms with E-state index in [2.05, 4.69) is 20.4 Å². The van der Waals surface area contributed by atoms with Crippen LogP contribution in [0.4, 0.5) is 24.5 Å². The lowest BCUT2D eigenvalue weighted by Gasteiger charge is -2.10. The highest BCUT2D eigenvalue weighted by atomic mass is 35.5. The number of thioether (sulfide) groups is 1. The predicted molar refractivity (Wildman–Crippen MR) is 113 cm³/mol. The van der Waals surface area contributed by atoms with Crippen LogP contribution in [0.2, 0.25) is 4.47 Å². The molecule has 0 bridgehead atoms. The van der Waals surface area contributed by atoms with E-state index in [1.807, 2.05) is 24.3 Å². The van der Waals surface area contributed by atoms with E-state index < -0.39 is 6.36 Å². The maximum atomic E-state index is 12.2. The summed E-state index contributed by atoms with van der Waals surface area (Å²) in [6.45, 7) is 0.617. The fraction of sp³-hybridized carbons (Fsp3) is 0.158. The number of rotatable bonds is 8. The van der Waals surface area contributed by atoms with Gasteiger partial charge < -0.3 is 15.4 Å². The second-order valence-electron chi connectivity index (χ2n) is 5.87. The molecule has 0 radical (unpaired) electrons. The predicted octanol–water partition coefficient (Wildman–Crippen LogP) is 6.04. The van der Waals surface area contributed by atoms with Crippen molar-refractivity contribution in [3.8, 4) is 5.75 Å². The van der Waals surface area contributed by atoms with Crippen molar-refractivity contribution < 1.29 is 22.7 Å². The van der Waals surface area contributed by atoms with Crippen LogP contribution in [0.3, 0.4) is 0 Å². The number of aromatic nitrogens is 1. The Kier molecular flexibility index (Phi) is 7.46. The maximum Gasteiger partial charge on any atom is 0.573 e. The smallest absolute Gasteiger partial charge is 0.406 e. The average molecular weight is 474 g/mol. The lowest BCUT2D eigenvalue weighted by atomic mass is 10.3. The van der Waals surface area contributed by atoms with Gasteiger partial charge >= 0.3 is 6.36 Å². The summed E-state index contributed by atoms with van der Waals surface area (Å²) in [5.41, 5.74) is 1.31. The van der Waals surface area contributed by atoms with Crippen LogP contribution in [0, 0.1) is 0 Å². The zero-order chi connectivity index (χ0) is 21.6. The van der Waals surface area contributed by atoms with Crippen LogP contribution in [0.5, 0.6) is 5.75 Å². The molecular weight excluding hydrogens is 459 g/mol. The molecule has 0 unspecified atom stereocenters. The minimum absolute atomic E-state index is 0.160. The molecule has 0 aliphatic heterocycles. The summed E-state index contributed by atoms with van der Waals surface area (Å²) >= 11 is 8.56. The second kappa shape index (κ2) is 10.1. The van der Waals surface area contributed by atoms with Crippen LogP contribution in [0.25, 0.3) is 0 Å². The first kappa shape index (κ1) is 22.3. The van der Waals surface area contributed by atoms with Crippen LogP contribution >= 0.6 is 34.7 Å². The minimum atomic E-state index is -4.75. The Morgan fingerprint density at radius 3 is 2.37 bits per heavy atom. The molecule has 11 heteroatoms. The lowest BCUT2D eigenvalue weighted by molar-refractivity contribution is -0.274. The van der Waals surface area contributed by atoms with E-state index in [0.717, 1.165) is 27.6 Å². The Labute approximate surface area is 183 Å². The molecule has 1 aromatic heterocycles. The third-order valence-electron chi connectivity index (χ3n) is 3.59. The van der Waals surface area contributed by atoms with Gasteiger partial charge in [0.25, 0.3) is 0 Å². The van der Waals surface area contributed by atoms with Crippen molar-refractivity contribution in [2.24, 2.45) is 0 Å². The monoisotopic (exact) mass is 473 g/mol. The quantitative estimate of drug-likeness (QED) is 0.391. The van der Waals surface area contributed by atoms with Crippen molar-refractivity contribution in [2.75, 3.05) is 16.4 Å². The fourth-order valence-corrected chi connectivity index (χ4v) is 3.93. The van der Waals surface area contributed by atoms with Crippen LogP contribution in [-0.2, 0) is 11.3 Å². The first-order chi connectivity index (χ1) is 14.3. The average Bonchev–Trinajstić information content (AvgIpc) is 3.11. The zero-order valence-electron chi connectivity index (χ0n) is 15.2. The minimum Gasteiger partial charge on any atom is -0.406 e. The highest BCUT2D eigenvalue weighted by Crippen LogP contribution is 2.25. The SMILES string of the molecule is O=C(CSc1ccc(NCc2cnc(Cl)s2)cc1)Nc1ccc(OC(F)(F)F)cc1. The Morgan fingerprint density at radius 2 is 1.77 bits per heavy atom. The fourth-order valence-electron chi connectivity index (χ4n) is 2.31. The molecule has 3 aromatic rings. The molecule has 0 saturated carbocycles. The lowest BCUT2D eigenvalue weighted by Crippen LogP contribution is -2.17. The van der Waals surface area contributed by atoms with E-state index in [1.165, 1.54) is 35.2 Å². The van der Waals surface area contributed by atoms with Crippen molar-refractivity contribution in [3.63, 3.8) is 0 Å². The van der Waals surface area contributed by atoms with Gasteiger partial charge in [-0.25, -0.2) is 4.98 Å². The van der Waals surface area contributed by atoms with E-state index in [1.54, 1.807) is 6.20 Å². The van der Waals surface area contributed by atoms with Gasteiger partial charge in [-0.1, -0.05) is 11.6 Å². The van der Waals surface area contributed by atoms with Crippen LogP contribution < -0.4 is 15.4 Å². The largest absolute Gasteiger partial charge is 0.573 e. The number of ether oxygens (including phenoxy) is 1. The molecule has 3 rings (SSSR count). The standard InChI is InChI=1S/C19H15ClF3N3O2S2/c20-18-25-10-16(30-18)9-24-12-3-7-15(8-4-12)29-11-17(27)26-13-1-5-14(6-2-13)28-19(21,22)23/h1-8,10,24H,9,11H2,(H,26,27). The molecule has 0 atom stereocenters. The van der Waals surface area contributed by atoms with Crippen LogP contribution in [-0.4, -0.2) is 23.0 Å². The molecule has 1 amide bonds. The number of hydrogen-bond donors (Lipinski definition) is 2. The molecule has 5 nitrogen and oxygen atoms in total. The Hall–Kier alpha value is -2.43. The highest BCUT2D eigenvalue weighted by Gasteiger charge is 2.30. The number of carbonyl (C=O) groups is 1. The number of thiazole rings is 1. The molecule has 1 heterocycles. The highest BCUT2D eigenvalue weighted by molar-refractivity contribution is 8.00. The molecule has 0 aliphatic carbocycles. The van der Waals surface area contributed by atoms with Crippen molar-refractivity contribution in [3.05, 3.63) is 64.1 Å². The van der Waals surface area contributed by atoms with Crippen molar-refractivity contribution in [1.29, 1.82) is 0 Å². The van der Waals surface area contributed by atoms with Crippen molar-refractivity contribution in [2.45, 2.75) is 17.8 Å². The number of anilines is 2. The Balaban J connectivity index is 1.43. The Bertz CT molecular complexity index is 980. The molecule has 2 aromatic carbocycles. The van der Waals surface area contributed by atoms with Gasteiger partial charge in [-0.05, 0) is 48.5 Å². The molecule has 0 fully saturated rings. The third kappa shape index (κ3) is 7.43. The van der Waals surface area contributed by atoms with Crippen molar-refractivity contribution in [1.82, 2.24) is 4.98 Å². The van der Waals surface area contributed by atoms with Crippen molar-refractivity contribution >= 4 is 52.0 Å². The normalized spacial score (nSPS) is 11.2. The second-order valence-corrected chi connectivity index (χ2v) is 8.61. The van der Waals surface area contributed by atoms with Gasteiger partial charge in [-0.3, -0.25) is 4.79 Å². The molecule has 0 saturated heterocycles. The third-order valence-corrected chi connectivity index (χ3v) is 5.71. The van der Waals surface area contributed by atoms with Gasteiger partial charge in [0.1, 0.15) is 5.75 Å². The summed E-state index contributed by atoms with van der Waals surface area (Å²) in [7, 11) is 0. The van der Waals surface area contributed by atoms with Crippen LogP contribution in [0.15, 0.2) is 59.6 Å². The summed E-state index contributed by atoms with van der Waals surface area (Å²) in [5.74, 6) is -0.455. The number of nitrogens with zero attached hydrogens (tertiary/aromatic N) is 1. The van der Waals surface area contributed by atoms with E-state index >= 15 is 0 Å². The van der Waals surface area contributed by atoms with Gasteiger partial charge in [-0.2, -0.15) is 0 Å². The molecule has 158 valence electrons. The number of amides is 1. The molecule has 0 aliphatic rings. The van der Waals surface area contributed by atoms with Crippen LogP contribution in [0.1, 0.15) is 4.88 Å². The van der Waals surface area contributed by atoms with E-state index in [-0.39, 0.29) is 17.4 Å². The number of carbonyl (C=O) groups excluding carboxylic acids is 1. The number of nitrogens with one attached hydrogen (secondary N) is 2. The van der Waals surface area contributed by atoms with Gasteiger partial charge in [0.05, 0.1) is 12.3 Å². The summed E-state index contributed by atoms with van der Waals surface area (Å²) in [4.78, 5) is 18.0. The summed E-state index contributed by atoms with van der Waals surface area (Å²) in [5, 5.41) is 5.89. The number of alkyl halides is 3. The van der Waals surface area contributed by atoms with E-state index in [0.29, 0.717) is 16.7 Å². The van der Waals surface area contributed by atoms with Gasteiger partial charge in [0.15, 0.2) is 4.47 Å². The summed E-state index contributed by atoms with van der Waals surface area (Å²) in [6, 6.07) is 12.6. The number of halogens is 4. The number of hydrogen-bond acceptors (Lipinski definition) is 6. The number of benzene rings is 2. The molecule has 30 heavy (non-hydrogen) atoms. The summed E-state index contributed by atoms with van der Waals surface area (Å²) in [6.07, 6.45) is -3.03. The topological polar surface area (TPSA) is 63.2 Å². The van der Waals surface area contributed by atoms with E-state index in [9.17, 15) is 18.0 Å².